The first kappa shape index (κ1) is 5.48. The van der Waals surface area contributed by atoms with Crippen LogP contribution in [0.2, 0.25) is 0 Å². The molecule has 60 valence electrons. The lowest BCUT2D eigenvalue weighted by Crippen LogP contribution is -2.70. The third kappa shape index (κ3) is 0.422. The summed E-state index contributed by atoms with van der Waals surface area (Å²) in [6.45, 7) is 7.44. The number of nitrogens with zero attached hydrogens (tertiary/aromatic N) is 4. The Morgan fingerprint density at radius 3 is 2.00 bits per heavy atom. The van der Waals surface area contributed by atoms with Gasteiger partial charge in [0.15, 0.2) is 0 Å². The van der Waals surface area contributed by atoms with Gasteiger partial charge < -0.3 is 0 Å². The fraction of sp³-hybridized carbons (Fsp3) is 1.00. The van der Waals surface area contributed by atoms with E-state index in [1.807, 2.05) is 0 Å². The predicted molar refractivity (Wildman–Crippen MR) is 39.3 cm³/mol. The van der Waals surface area contributed by atoms with Crippen LogP contribution in [-0.2, 0) is 0 Å². The topological polar surface area (TPSA) is 13.0 Å². The van der Waals surface area contributed by atoms with Crippen LogP contribution in [0.3, 0.4) is 0 Å². The van der Waals surface area contributed by atoms with Crippen LogP contribution in [-0.4, -0.2) is 65.0 Å². The van der Waals surface area contributed by atoms with Crippen LogP contribution in [0, 0.1) is 0 Å². The Kier molecular flexibility index (Phi) is 0.674. The van der Waals surface area contributed by atoms with Gasteiger partial charge in [0.05, 0.1) is 26.7 Å². The first-order valence-electron chi connectivity index (χ1n) is 4.32. The maximum absolute atomic E-state index is 2.61. The van der Waals surface area contributed by atoms with Gasteiger partial charge in [0.1, 0.15) is 5.66 Å². The van der Waals surface area contributed by atoms with Crippen LogP contribution in [0.25, 0.3) is 0 Å². The van der Waals surface area contributed by atoms with Crippen molar-refractivity contribution in [1.82, 2.24) is 19.6 Å². The fourth-order valence-corrected chi connectivity index (χ4v) is 3.17. The number of hydrogen-bond donors (Lipinski definition) is 0. The summed E-state index contributed by atoms with van der Waals surface area (Å²) in [6, 6.07) is 0. The molecule has 4 nitrogen and oxygen atoms in total. The van der Waals surface area contributed by atoms with E-state index in [2.05, 4.69) is 19.6 Å². The van der Waals surface area contributed by atoms with Gasteiger partial charge in [-0.25, -0.2) is 0 Å². The highest BCUT2D eigenvalue weighted by Gasteiger charge is 2.64. The molecule has 1 spiro atoms. The molecule has 0 aliphatic carbocycles. The van der Waals surface area contributed by atoms with Crippen molar-refractivity contribution in [3.8, 4) is 0 Å². The summed E-state index contributed by atoms with van der Waals surface area (Å²) in [7, 11) is 0. The van der Waals surface area contributed by atoms with Crippen LogP contribution in [0.5, 0.6) is 0 Å². The molecule has 3 bridgehead atoms. The Bertz CT molecular complexity index is 202. The molecule has 0 aromatic rings. The smallest absolute Gasteiger partial charge is 0.104 e. The van der Waals surface area contributed by atoms with E-state index in [1.54, 1.807) is 0 Å². The normalized spacial score (nSPS) is 60.0. The second kappa shape index (κ2) is 1.35. The quantitative estimate of drug-likeness (QED) is 0.431. The monoisotopic (exact) mass is 152 g/mol. The minimum atomic E-state index is 0.484. The third-order valence-corrected chi connectivity index (χ3v) is 3.61. The van der Waals surface area contributed by atoms with Crippen LogP contribution >= 0.6 is 0 Å². The van der Waals surface area contributed by atoms with Crippen molar-refractivity contribution in [3.05, 3.63) is 0 Å². The maximum atomic E-state index is 2.61. The van der Waals surface area contributed by atoms with E-state index >= 15 is 0 Å². The van der Waals surface area contributed by atoms with Crippen molar-refractivity contribution in [2.75, 3.05) is 39.8 Å². The fourth-order valence-electron chi connectivity index (χ4n) is 3.17. The van der Waals surface area contributed by atoms with Crippen molar-refractivity contribution >= 4 is 0 Å². The van der Waals surface area contributed by atoms with E-state index in [0.717, 1.165) is 0 Å². The highest BCUT2D eigenvalue weighted by atomic mass is 15.7. The minimum absolute atomic E-state index is 0.484. The Balaban J connectivity index is 1.89. The highest BCUT2D eigenvalue weighted by Crippen LogP contribution is 2.44. The van der Waals surface area contributed by atoms with Gasteiger partial charge in [0.2, 0.25) is 0 Å². The first-order valence-corrected chi connectivity index (χ1v) is 4.32. The lowest BCUT2D eigenvalue weighted by molar-refractivity contribution is -0.126. The van der Waals surface area contributed by atoms with E-state index in [0.29, 0.717) is 5.66 Å². The number of rotatable bonds is 0. The Morgan fingerprint density at radius 1 is 0.727 bits per heavy atom. The average molecular weight is 152 g/mol. The largest absolute Gasteiger partial charge is 0.274 e. The molecule has 2 unspecified atom stereocenters. The van der Waals surface area contributed by atoms with Gasteiger partial charge in [0, 0.05) is 13.1 Å². The second-order valence-corrected chi connectivity index (χ2v) is 4.29. The molecular formula is C7H12N4. The molecule has 0 radical (unpaired) electrons. The zero-order valence-electron chi connectivity index (χ0n) is 6.53. The van der Waals surface area contributed by atoms with Gasteiger partial charge in [-0.1, -0.05) is 0 Å². The molecule has 0 amide bonds. The standard InChI is InChI=1S/C7H12N4/c1-7-2-9-3-8(1)4-10(7)6-11(7)5-9/h1-6H2. The number of hydrogen-bond acceptors (Lipinski definition) is 4. The van der Waals surface area contributed by atoms with Gasteiger partial charge in [-0.3, -0.25) is 19.6 Å². The van der Waals surface area contributed by atoms with Crippen molar-refractivity contribution in [3.63, 3.8) is 0 Å². The molecule has 0 aromatic carbocycles. The van der Waals surface area contributed by atoms with Crippen LogP contribution in [0.1, 0.15) is 0 Å². The average Bonchev–Trinajstić information content (AvgIpc) is 2.28. The van der Waals surface area contributed by atoms with Crippen molar-refractivity contribution in [2.24, 2.45) is 0 Å². The Labute approximate surface area is 65.9 Å². The zero-order valence-corrected chi connectivity index (χ0v) is 6.53. The van der Waals surface area contributed by atoms with Crippen molar-refractivity contribution in [2.45, 2.75) is 5.66 Å². The molecule has 4 aliphatic rings. The highest BCUT2D eigenvalue weighted by molar-refractivity contribution is 5.12. The minimum Gasteiger partial charge on any atom is -0.274 e. The molecule has 11 heavy (non-hydrogen) atoms. The van der Waals surface area contributed by atoms with Gasteiger partial charge in [-0.15, -0.1) is 0 Å². The van der Waals surface area contributed by atoms with Gasteiger partial charge in [0.25, 0.3) is 0 Å². The summed E-state index contributed by atoms with van der Waals surface area (Å²) in [4.78, 5) is 10.3. The Hall–Kier alpha value is -0.160. The third-order valence-electron chi connectivity index (χ3n) is 3.61. The SMILES string of the molecule is C1N2CN3CN4CN1CC34C2. The van der Waals surface area contributed by atoms with Crippen LogP contribution < -0.4 is 0 Å². The summed E-state index contributed by atoms with van der Waals surface area (Å²) < 4.78 is 0. The van der Waals surface area contributed by atoms with E-state index in [9.17, 15) is 0 Å². The molecule has 4 fully saturated rings. The lowest BCUT2D eigenvalue weighted by atomic mass is 10.1. The van der Waals surface area contributed by atoms with E-state index in [1.165, 1.54) is 39.8 Å². The van der Waals surface area contributed by atoms with Crippen LogP contribution in [0.15, 0.2) is 0 Å². The molecule has 4 rings (SSSR count). The molecule has 2 atom stereocenters. The van der Waals surface area contributed by atoms with E-state index in [-0.39, 0.29) is 0 Å². The molecule has 4 heteroatoms. The molecular weight excluding hydrogens is 140 g/mol. The predicted octanol–water partition coefficient (Wildman–Crippen LogP) is -1.22. The molecule has 4 aliphatic heterocycles. The van der Waals surface area contributed by atoms with E-state index in [4.69, 9.17) is 0 Å². The van der Waals surface area contributed by atoms with Crippen molar-refractivity contribution in [1.29, 1.82) is 0 Å². The molecule has 0 aromatic heterocycles. The summed E-state index contributed by atoms with van der Waals surface area (Å²) >= 11 is 0. The molecule has 4 saturated heterocycles. The van der Waals surface area contributed by atoms with Gasteiger partial charge in [-0.2, -0.15) is 0 Å². The molecule has 0 saturated carbocycles. The van der Waals surface area contributed by atoms with E-state index < -0.39 is 0 Å². The Morgan fingerprint density at radius 2 is 1.36 bits per heavy atom. The zero-order chi connectivity index (χ0) is 7.05. The number of fused-ring (bicyclic) bond motifs is 2. The first-order chi connectivity index (χ1) is 5.37. The second-order valence-electron chi connectivity index (χ2n) is 4.29. The summed E-state index contributed by atoms with van der Waals surface area (Å²) in [5.74, 6) is 0. The summed E-state index contributed by atoms with van der Waals surface area (Å²) in [5.41, 5.74) is 0.484. The lowest BCUT2D eigenvalue weighted by Gasteiger charge is -2.51. The van der Waals surface area contributed by atoms with Crippen LogP contribution in [0.4, 0.5) is 0 Å². The maximum Gasteiger partial charge on any atom is 0.104 e. The van der Waals surface area contributed by atoms with Gasteiger partial charge >= 0.3 is 0 Å². The van der Waals surface area contributed by atoms with Gasteiger partial charge in [-0.05, 0) is 0 Å². The summed E-state index contributed by atoms with van der Waals surface area (Å²) in [6.07, 6.45) is 0. The molecule has 4 heterocycles. The van der Waals surface area contributed by atoms with Crippen molar-refractivity contribution < 1.29 is 0 Å². The summed E-state index contributed by atoms with van der Waals surface area (Å²) in [5, 5.41) is 0. The molecule has 0 N–H and O–H groups in total.